The van der Waals surface area contributed by atoms with Crippen LogP contribution in [0.1, 0.15) is 6.92 Å². The molecule has 1 N–H and O–H groups in total. The SMILES string of the molecule is C=C(Br)CNC(=O)C1(C)COC1. The molecule has 0 radical (unpaired) electrons. The molecule has 0 aromatic carbocycles. The minimum Gasteiger partial charge on any atom is -0.379 e. The van der Waals surface area contributed by atoms with Gasteiger partial charge < -0.3 is 10.1 Å². The molecular weight excluding hydrogens is 222 g/mol. The van der Waals surface area contributed by atoms with E-state index in [0.29, 0.717) is 19.8 Å². The van der Waals surface area contributed by atoms with Crippen LogP contribution in [0.4, 0.5) is 0 Å². The van der Waals surface area contributed by atoms with E-state index in [9.17, 15) is 4.79 Å². The zero-order valence-corrected chi connectivity index (χ0v) is 8.61. The first-order valence-electron chi connectivity index (χ1n) is 3.74. The topological polar surface area (TPSA) is 38.3 Å². The van der Waals surface area contributed by atoms with E-state index < -0.39 is 0 Å². The maximum atomic E-state index is 11.4. The molecule has 1 rings (SSSR count). The number of ether oxygens (including phenoxy) is 1. The Balaban J connectivity index is 2.33. The lowest BCUT2D eigenvalue weighted by Crippen LogP contribution is -2.52. The summed E-state index contributed by atoms with van der Waals surface area (Å²) in [6, 6.07) is 0. The molecule has 1 aliphatic rings. The molecule has 0 bridgehead atoms. The molecule has 0 unspecified atom stereocenters. The first kappa shape index (κ1) is 9.74. The molecule has 0 saturated carbocycles. The molecule has 1 saturated heterocycles. The van der Waals surface area contributed by atoms with Gasteiger partial charge in [0.15, 0.2) is 0 Å². The van der Waals surface area contributed by atoms with Gasteiger partial charge in [0.2, 0.25) is 5.91 Å². The first-order chi connectivity index (χ1) is 5.54. The summed E-state index contributed by atoms with van der Waals surface area (Å²) in [4.78, 5) is 11.4. The second-order valence-corrected chi connectivity index (χ2v) is 4.37. The lowest BCUT2D eigenvalue weighted by molar-refractivity contribution is -0.157. The van der Waals surface area contributed by atoms with E-state index in [1.165, 1.54) is 0 Å². The maximum Gasteiger partial charge on any atom is 0.230 e. The Morgan fingerprint density at radius 2 is 2.33 bits per heavy atom. The van der Waals surface area contributed by atoms with Gasteiger partial charge in [-0.3, -0.25) is 4.79 Å². The number of nitrogens with one attached hydrogen (secondary N) is 1. The van der Waals surface area contributed by atoms with Gasteiger partial charge in [-0.15, -0.1) is 0 Å². The fourth-order valence-electron chi connectivity index (χ4n) is 0.929. The minimum absolute atomic E-state index is 0.0364. The molecule has 1 aliphatic heterocycles. The van der Waals surface area contributed by atoms with Crippen LogP contribution < -0.4 is 5.32 Å². The van der Waals surface area contributed by atoms with Crippen LogP contribution in [0.25, 0.3) is 0 Å². The van der Waals surface area contributed by atoms with E-state index in [-0.39, 0.29) is 11.3 Å². The second-order valence-electron chi connectivity index (χ2n) is 3.25. The van der Waals surface area contributed by atoms with Crippen molar-refractivity contribution < 1.29 is 9.53 Å². The van der Waals surface area contributed by atoms with Crippen LogP contribution in [0.15, 0.2) is 11.1 Å². The fourth-order valence-corrected chi connectivity index (χ4v) is 1.07. The Hall–Kier alpha value is -0.350. The van der Waals surface area contributed by atoms with Crippen LogP contribution in [-0.2, 0) is 9.53 Å². The average molecular weight is 234 g/mol. The molecule has 3 nitrogen and oxygen atoms in total. The van der Waals surface area contributed by atoms with Crippen molar-refractivity contribution in [3.8, 4) is 0 Å². The average Bonchev–Trinajstić information content (AvgIpc) is 1.95. The summed E-state index contributed by atoms with van der Waals surface area (Å²) in [5, 5.41) is 2.76. The number of halogens is 1. The van der Waals surface area contributed by atoms with Gasteiger partial charge >= 0.3 is 0 Å². The van der Waals surface area contributed by atoms with E-state index in [0.717, 1.165) is 4.48 Å². The molecule has 4 heteroatoms. The van der Waals surface area contributed by atoms with Crippen molar-refractivity contribution in [2.75, 3.05) is 19.8 Å². The Labute approximate surface area is 80.3 Å². The Kier molecular flexibility index (Phi) is 2.90. The van der Waals surface area contributed by atoms with Gasteiger partial charge in [-0.25, -0.2) is 0 Å². The van der Waals surface area contributed by atoms with Gasteiger partial charge in [-0.2, -0.15) is 0 Å². The molecular formula is C8H12BrNO2. The fraction of sp³-hybridized carbons (Fsp3) is 0.625. The van der Waals surface area contributed by atoms with Gasteiger partial charge in [0, 0.05) is 11.0 Å². The van der Waals surface area contributed by atoms with Crippen LogP contribution >= 0.6 is 15.9 Å². The monoisotopic (exact) mass is 233 g/mol. The Bertz CT molecular complexity index is 211. The van der Waals surface area contributed by atoms with Crippen molar-refractivity contribution in [3.63, 3.8) is 0 Å². The van der Waals surface area contributed by atoms with Crippen molar-refractivity contribution in [1.82, 2.24) is 5.32 Å². The molecule has 0 aliphatic carbocycles. The van der Waals surface area contributed by atoms with Crippen LogP contribution in [0.3, 0.4) is 0 Å². The highest BCUT2D eigenvalue weighted by atomic mass is 79.9. The minimum atomic E-state index is -0.317. The second kappa shape index (κ2) is 3.58. The highest BCUT2D eigenvalue weighted by molar-refractivity contribution is 9.11. The van der Waals surface area contributed by atoms with Crippen molar-refractivity contribution in [1.29, 1.82) is 0 Å². The maximum absolute atomic E-state index is 11.4. The number of rotatable bonds is 3. The lowest BCUT2D eigenvalue weighted by Gasteiger charge is -2.36. The molecule has 0 atom stereocenters. The first-order valence-corrected chi connectivity index (χ1v) is 4.53. The molecule has 12 heavy (non-hydrogen) atoms. The standard InChI is InChI=1S/C8H12BrNO2/c1-6(9)3-10-7(11)8(2)4-12-5-8/h1,3-5H2,2H3,(H,10,11). The number of carbonyl (C=O) groups is 1. The molecule has 1 amide bonds. The van der Waals surface area contributed by atoms with Crippen molar-refractivity contribution in [3.05, 3.63) is 11.1 Å². The number of hydrogen-bond donors (Lipinski definition) is 1. The van der Waals surface area contributed by atoms with Gasteiger partial charge in [-0.1, -0.05) is 22.5 Å². The van der Waals surface area contributed by atoms with Gasteiger partial charge in [0.05, 0.1) is 18.6 Å². The number of amides is 1. The van der Waals surface area contributed by atoms with Gasteiger partial charge in [-0.05, 0) is 6.92 Å². The molecule has 1 fully saturated rings. The highest BCUT2D eigenvalue weighted by Crippen LogP contribution is 2.26. The van der Waals surface area contributed by atoms with E-state index in [1.54, 1.807) is 0 Å². The predicted octanol–water partition coefficient (Wildman–Crippen LogP) is 1.05. The lowest BCUT2D eigenvalue weighted by atomic mass is 9.88. The zero-order chi connectivity index (χ0) is 9.19. The summed E-state index contributed by atoms with van der Waals surface area (Å²) < 4.78 is 5.75. The molecule has 0 aromatic heterocycles. The van der Waals surface area contributed by atoms with Gasteiger partial charge in [0.1, 0.15) is 0 Å². The van der Waals surface area contributed by atoms with Gasteiger partial charge in [0.25, 0.3) is 0 Å². The zero-order valence-electron chi connectivity index (χ0n) is 7.02. The number of carbonyl (C=O) groups excluding carboxylic acids is 1. The van der Waals surface area contributed by atoms with Crippen molar-refractivity contribution in [2.24, 2.45) is 5.41 Å². The highest BCUT2D eigenvalue weighted by Gasteiger charge is 2.40. The van der Waals surface area contributed by atoms with E-state index >= 15 is 0 Å². The summed E-state index contributed by atoms with van der Waals surface area (Å²) in [5.74, 6) is 0.0364. The van der Waals surface area contributed by atoms with Crippen LogP contribution in [0, 0.1) is 5.41 Å². The summed E-state index contributed by atoms with van der Waals surface area (Å²) in [6.07, 6.45) is 0. The summed E-state index contributed by atoms with van der Waals surface area (Å²) in [6.45, 7) is 7.04. The summed E-state index contributed by atoms with van der Waals surface area (Å²) in [7, 11) is 0. The van der Waals surface area contributed by atoms with Crippen LogP contribution in [0.5, 0.6) is 0 Å². The summed E-state index contributed by atoms with van der Waals surface area (Å²) >= 11 is 3.17. The Morgan fingerprint density at radius 3 is 2.67 bits per heavy atom. The predicted molar refractivity (Wildman–Crippen MR) is 50.0 cm³/mol. The number of hydrogen-bond acceptors (Lipinski definition) is 2. The largest absolute Gasteiger partial charge is 0.379 e. The van der Waals surface area contributed by atoms with Crippen molar-refractivity contribution in [2.45, 2.75) is 6.92 Å². The molecule has 0 spiro atoms. The summed E-state index contributed by atoms with van der Waals surface area (Å²) in [5.41, 5.74) is -0.317. The third-order valence-electron chi connectivity index (χ3n) is 1.83. The third kappa shape index (κ3) is 2.08. The van der Waals surface area contributed by atoms with Crippen LogP contribution in [0.2, 0.25) is 0 Å². The Morgan fingerprint density at radius 1 is 1.75 bits per heavy atom. The molecule has 0 aromatic rings. The van der Waals surface area contributed by atoms with E-state index in [1.807, 2.05) is 6.92 Å². The molecule has 68 valence electrons. The van der Waals surface area contributed by atoms with Crippen molar-refractivity contribution >= 4 is 21.8 Å². The smallest absolute Gasteiger partial charge is 0.230 e. The molecule has 1 heterocycles. The third-order valence-corrected chi connectivity index (χ3v) is 2.11. The normalized spacial score (nSPS) is 19.5. The van der Waals surface area contributed by atoms with E-state index in [2.05, 4.69) is 27.8 Å². The quantitative estimate of drug-likeness (QED) is 0.792. The van der Waals surface area contributed by atoms with E-state index in [4.69, 9.17) is 4.74 Å². The van der Waals surface area contributed by atoms with Crippen LogP contribution in [-0.4, -0.2) is 25.7 Å².